The Hall–Kier alpha value is -2.86. The van der Waals surface area contributed by atoms with Crippen LogP contribution in [-0.4, -0.2) is 43.9 Å². The molecule has 2 amide bonds. The van der Waals surface area contributed by atoms with E-state index in [1.807, 2.05) is 73.6 Å². The molecule has 148 valence electrons. The Bertz CT molecular complexity index is 790. The molecule has 2 aromatic carbocycles. The Morgan fingerprint density at radius 3 is 2.36 bits per heavy atom. The van der Waals surface area contributed by atoms with Crippen LogP contribution in [0.15, 0.2) is 54.6 Å². The van der Waals surface area contributed by atoms with Gasteiger partial charge in [0.1, 0.15) is 12.4 Å². The fraction of sp³-hybridized carbons (Fsp3) is 0.364. The molecular formula is C22H27N3O3. The van der Waals surface area contributed by atoms with Gasteiger partial charge in [0, 0.05) is 18.8 Å². The highest BCUT2D eigenvalue weighted by Crippen LogP contribution is 2.39. The number of anilines is 1. The Morgan fingerprint density at radius 1 is 1.00 bits per heavy atom. The van der Waals surface area contributed by atoms with Crippen molar-refractivity contribution in [3.63, 3.8) is 0 Å². The molecule has 0 saturated heterocycles. The molecule has 1 saturated carbocycles. The molecule has 1 fully saturated rings. The van der Waals surface area contributed by atoms with E-state index < -0.39 is 0 Å². The number of carbonyl (C=O) groups excluding carboxylic acids is 2. The van der Waals surface area contributed by atoms with Crippen molar-refractivity contribution in [2.75, 3.05) is 32.5 Å². The molecular weight excluding hydrogens is 354 g/mol. The first-order valence-electron chi connectivity index (χ1n) is 9.53. The highest BCUT2D eigenvalue weighted by Gasteiger charge is 2.47. The maximum atomic E-state index is 12.3. The van der Waals surface area contributed by atoms with Crippen molar-refractivity contribution in [2.45, 2.75) is 13.0 Å². The monoisotopic (exact) mass is 381 g/mol. The Kier molecular flexibility index (Phi) is 6.66. The second kappa shape index (κ2) is 9.37. The normalized spacial score (nSPS) is 17.8. The predicted octanol–water partition coefficient (Wildman–Crippen LogP) is 2.52. The van der Waals surface area contributed by atoms with Crippen LogP contribution in [0.2, 0.25) is 0 Å². The largest absolute Gasteiger partial charge is 0.489 e. The highest BCUT2D eigenvalue weighted by molar-refractivity contribution is 5.99. The second-order valence-corrected chi connectivity index (χ2v) is 7.33. The summed E-state index contributed by atoms with van der Waals surface area (Å²) in [5.74, 6) is 0.146. The number of nitrogens with one attached hydrogen (secondary N) is 2. The van der Waals surface area contributed by atoms with E-state index in [0.29, 0.717) is 25.3 Å². The van der Waals surface area contributed by atoms with Crippen molar-refractivity contribution in [1.82, 2.24) is 10.2 Å². The van der Waals surface area contributed by atoms with Gasteiger partial charge in [-0.3, -0.25) is 9.59 Å². The minimum atomic E-state index is -0.242. The topological polar surface area (TPSA) is 70.7 Å². The predicted molar refractivity (Wildman–Crippen MR) is 109 cm³/mol. The summed E-state index contributed by atoms with van der Waals surface area (Å²) in [6, 6.07) is 17.2. The van der Waals surface area contributed by atoms with E-state index in [4.69, 9.17) is 4.74 Å². The van der Waals surface area contributed by atoms with Crippen LogP contribution >= 0.6 is 0 Å². The molecule has 6 heteroatoms. The molecule has 2 N–H and O–H groups in total. The molecule has 6 nitrogen and oxygen atoms in total. The number of carbonyl (C=O) groups is 2. The summed E-state index contributed by atoms with van der Waals surface area (Å²) < 4.78 is 5.75. The van der Waals surface area contributed by atoms with Gasteiger partial charge in [-0.05, 0) is 50.3 Å². The summed E-state index contributed by atoms with van der Waals surface area (Å²) in [5.41, 5.74) is 1.80. The Balaban J connectivity index is 1.42. The summed E-state index contributed by atoms with van der Waals surface area (Å²) in [5, 5.41) is 5.76. The number of hydrogen-bond acceptors (Lipinski definition) is 4. The molecule has 0 heterocycles. The number of amides is 2. The van der Waals surface area contributed by atoms with Gasteiger partial charge in [-0.1, -0.05) is 30.3 Å². The fourth-order valence-electron chi connectivity index (χ4n) is 2.92. The van der Waals surface area contributed by atoms with Crippen molar-refractivity contribution in [2.24, 2.45) is 11.8 Å². The van der Waals surface area contributed by atoms with Crippen LogP contribution in [0, 0.1) is 11.8 Å². The van der Waals surface area contributed by atoms with Gasteiger partial charge in [0.05, 0.1) is 11.8 Å². The van der Waals surface area contributed by atoms with Gasteiger partial charge < -0.3 is 20.3 Å². The first-order valence-corrected chi connectivity index (χ1v) is 9.53. The molecule has 0 aromatic heterocycles. The third-order valence-electron chi connectivity index (χ3n) is 4.69. The van der Waals surface area contributed by atoms with E-state index in [9.17, 15) is 9.59 Å². The lowest BCUT2D eigenvalue weighted by molar-refractivity contribution is -0.125. The number of hydrogen-bond donors (Lipinski definition) is 2. The molecule has 2 aromatic rings. The molecule has 28 heavy (non-hydrogen) atoms. The zero-order valence-electron chi connectivity index (χ0n) is 16.4. The van der Waals surface area contributed by atoms with Crippen molar-refractivity contribution >= 4 is 17.5 Å². The van der Waals surface area contributed by atoms with Crippen molar-refractivity contribution in [1.29, 1.82) is 0 Å². The lowest BCUT2D eigenvalue weighted by Crippen LogP contribution is -2.33. The highest BCUT2D eigenvalue weighted by atomic mass is 16.5. The fourth-order valence-corrected chi connectivity index (χ4v) is 2.92. The van der Waals surface area contributed by atoms with Gasteiger partial charge >= 0.3 is 0 Å². The Labute approximate surface area is 165 Å². The van der Waals surface area contributed by atoms with Gasteiger partial charge in [-0.2, -0.15) is 0 Å². The number of likely N-dealkylation sites (N-methyl/N-ethyl adjacent to an activating group) is 1. The van der Waals surface area contributed by atoms with Crippen LogP contribution in [0.1, 0.15) is 12.0 Å². The average Bonchev–Trinajstić information content (AvgIpc) is 3.49. The van der Waals surface area contributed by atoms with Crippen LogP contribution in [0.25, 0.3) is 0 Å². The zero-order valence-corrected chi connectivity index (χ0v) is 16.4. The lowest BCUT2D eigenvalue weighted by atomic mass is 10.2. The van der Waals surface area contributed by atoms with E-state index in [-0.39, 0.29) is 23.7 Å². The Morgan fingerprint density at radius 2 is 1.68 bits per heavy atom. The standard InChI is InChI=1S/C22H27N3O3/c1-25(2)13-12-23-21(26)19-14-20(19)22(27)24-17-8-10-18(11-9-17)28-15-16-6-4-3-5-7-16/h3-11,19-20H,12-15H2,1-2H3,(H,23,26)(H,24,27). The van der Waals surface area contributed by atoms with E-state index >= 15 is 0 Å². The lowest BCUT2D eigenvalue weighted by Gasteiger charge is -2.10. The van der Waals surface area contributed by atoms with Gasteiger partial charge in [-0.25, -0.2) is 0 Å². The summed E-state index contributed by atoms with van der Waals surface area (Å²) in [6.45, 7) is 1.88. The van der Waals surface area contributed by atoms with Crippen LogP contribution in [0.3, 0.4) is 0 Å². The molecule has 3 rings (SSSR count). The summed E-state index contributed by atoms with van der Waals surface area (Å²) in [4.78, 5) is 26.4. The first-order chi connectivity index (χ1) is 13.5. The van der Waals surface area contributed by atoms with Crippen LogP contribution in [0.5, 0.6) is 5.75 Å². The SMILES string of the molecule is CN(C)CCNC(=O)C1CC1C(=O)Nc1ccc(OCc2ccccc2)cc1. The molecule has 0 spiro atoms. The summed E-state index contributed by atoms with van der Waals surface area (Å²) in [6.07, 6.45) is 0.609. The van der Waals surface area contributed by atoms with E-state index in [0.717, 1.165) is 17.9 Å². The molecule has 0 radical (unpaired) electrons. The van der Waals surface area contributed by atoms with E-state index in [1.165, 1.54) is 0 Å². The number of benzene rings is 2. The minimum Gasteiger partial charge on any atom is -0.489 e. The first kappa shape index (κ1) is 19.9. The quantitative estimate of drug-likeness (QED) is 0.700. The van der Waals surface area contributed by atoms with Gasteiger partial charge in [0.25, 0.3) is 0 Å². The minimum absolute atomic E-state index is 0.0355. The maximum absolute atomic E-state index is 12.3. The van der Waals surface area contributed by atoms with Crippen LogP contribution < -0.4 is 15.4 Å². The maximum Gasteiger partial charge on any atom is 0.228 e. The van der Waals surface area contributed by atoms with E-state index in [2.05, 4.69) is 10.6 Å². The molecule has 2 unspecified atom stereocenters. The number of ether oxygens (including phenoxy) is 1. The van der Waals surface area contributed by atoms with Crippen molar-refractivity contribution < 1.29 is 14.3 Å². The van der Waals surface area contributed by atoms with Gasteiger partial charge in [-0.15, -0.1) is 0 Å². The van der Waals surface area contributed by atoms with Crippen LogP contribution in [0.4, 0.5) is 5.69 Å². The molecule has 0 bridgehead atoms. The molecule has 1 aliphatic rings. The molecule has 2 atom stereocenters. The second-order valence-electron chi connectivity index (χ2n) is 7.33. The van der Waals surface area contributed by atoms with Crippen molar-refractivity contribution in [3.05, 3.63) is 60.2 Å². The van der Waals surface area contributed by atoms with Crippen LogP contribution in [-0.2, 0) is 16.2 Å². The van der Waals surface area contributed by atoms with E-state index in [1.54, 1.807) is 0 Å². The third kappa shape index (κ3) is 5.82. The molecule has 0 aliphatic heterocycles. The molecule has 1 aliphatic carbocycles. The van der Waals surface area contributed by atoms with Gasteiger partial charge in [0.15, 0.2) is 0 Å². The zero-order chi connectivity index (χ0) is 19.9. The van der Waals surface area contributed by atoms with Gasteiger partial charge in [0.2, 0.25) is 11.8 Å². The van der Waals surface area contributed by atoms with Crippen molar-refractivity contribution in [3.8, 4) is 5.75 Å². The summed E-state index contributed by atoms with van der Waals surface area (Å²) >= 11 is 0. The summed E-state index contributed by atoms with van der Waals surface area (Å²) in [7, 11) is 3.91. The smallest absolute Gasteiger partial charge is 0.228 e. The average molecular weight is 381 g/mol. The number of nitrogens with zero attached hydrogens (tertiary/aromatic N) is 1. The third-order valence-corrected chi connectivity index (χ3v) is 4.69. The number of rotatable bonds is 9.